The summed E-state index contributed by atoms with van der Waals surface area (Å²) in [7, 11) is 0. The number of nitrogens with one attached hydrogen (secondary N) is 1. The van der Waals surface area contributed by atoms with Gasteiger partial charge in [-0.3, -0.25) is 0 Å². The largest absolute Gasteiger partial charge is 0.414 e. The summed E-state index contributed by atoms with van der Waals surface area (Å²) in [6, 6.07) is 0.590. The first-order valence-electron chi connectivity index (χ1n) is 5.31. The minimum atomic E-state index is -4.25. The molecule has 90 valence electrons. The van der Waals surface area contributed by atoms with Gasteiger partial charge in [0.2, 0.25) is 0 Å². The highest BCUT2D eigenvalue weighted by Crippen LogP contribution is 2.23. The highest BCUT2D eigenvalue weighted by molar-refractivity contribution is 4.81. The van der Waals surface area contributed by atoms with Gasteiger partial charge in [0.05, 0.1) is 6.61 Å². The SMILES string of the molecule is CC(CNC1CC1)COC(C)C(F)(F)F. The van der Waals surface area contributed by atoms with Crippen molar-refractivity contribution in [2.24, 2.45) is 5.92 Å². The van der Waals surface area contributed by atoms with E-state index in [2.05, 4.69) is 5.32 Å². The summed E-state index contributed by atoms with van der Waals surface area (Å²) in [5.74, 6) is 0.121. The van der Waals surface area contributed by atoms with Crippen LogP contribution in [0, 0.1) is 5.92 Å². The first kappa shape index (κ1) is 12.8. The van der Waals surface area contributed by atoms with Crippen LogP contribution in [0.2, 0.25) is 0 Å². The quantitative estimate of drug-likeness (QED) is 0.749. The number of rotatable bonds is 6. The molecule has 2 unspecified atom stereocenters. The molecule has 0 spiro atoms. The Hall–Kier alpha value is -0.290. The van der Waals surface area contributed by atoms with E-state index in [9.17, 15) is 13.2 Å². The Labute approximate surface area is 88.2 Å². The molecule has 0 aromatic rings. The molecule has 15 heavy (non-hydrogen) atoms. The zero-order valence-corrected chi connectivity index (χ0v) is 9.10. The smallest absolute Gasteiger partial charge is 0.369 e. The van der Waals surface area contributed by atoms with Gasteiger partial charge in [-0.05, 0) is 25.7 Å². The number of halogens is 3. The molecule has 1 N–H and O–H groups in total. The van der Waals surface area contributed by atoms with E-state index in [1.54, 1.807) is 0 Å². The molecule has 0 aliphatic heterocycles. The van der Waals surface area contributed by atoms with Gasteiger partial charge in [0.15, 0.2) is 6.10 Å². The van der Waals surface area contributed by atoms with E-state index in [4.69, 9.17) is 4.74 Å². The van der Waals surface area contributed by atoms with Crippen molar-refractivity contribution in [2.45, 2.75) is 45.0 Å². The Morgan fingerprint density at radius 2 is 1.93 bits per heavy atom. The fourth-order valence-electron chi connectivity index (χ4n) is 1.12. The standard InChI is InChI=1S/C10H18F3NO/c1-7(5-14-9-3-4-9)6-15-8(2)10(11,12)13/h7-9,14H,3-6H2,1-2H3. The number of hydrogen-bond acceptors (Lipinski definition) is 2. The Balaban J connectivity index is 2.06. The van der Waals surface area contributed by atoms with E-state index in [1.807, 2.05) is 6.92 Å². The van der Waals surface area contributed by atoms with Crippen molar-refractivity contribution >= 4 is 0 Å². The minimum absolute atomic E-state index is 0.121. The Morgan fingerprint density at radius 3 is 2.40 bits per heavy atom. The van der Waals surface area contributed by atoms with E-state index >= 15 is 0 Å². The van der Waals surface area contributed by atoms with Crippen molar-refractivity contribution in [3.8, 4) is 0 Å². The fourth-order valence-corrected chi connectivity index (χ4v) is 1.12. The highest BCUT2D eigenvalue weighted by Gasteiger charge is 2.37. The van der Waals surface area contributed by atoms with Gasteiger partial charge < -0.3 is 10.1 Å². The molecule has 0 bridgehead atoms. The second-order valence-electron chi connectivity index (χ2n) is 4.30. The molecule has 1 aliphatic carbocycles. The average molecular weight is 225 g/mol. The van der Waals surface area contributed by atoms with Crippen molar-refractivity contribution in [1.29, 1.82) is 0 Å². The molecule has 1 rings (SSSR count). The molecule has 2 nitrogen and oxygen atoms in total. The average Bonchev–Trinajstić information content (AvgIpc) is 2.92. The van der Waals surface area contributed by atoms with Crippen LogP contribution < -0.4 is 5.32 Å². The third-order valence-corrected chi connectivity index (χ3v) is 2.42. The number of hydrogen-bond donors (Lipinski definition) is 1. The molecule has 0 heterocycles. The monoisotopic (exact) mass is 225 g/mol. The molecule has 1 saturated carbocycles. The van der Waals surface area contributed by atoms with Gasteiger partial charge in [0, 0.05) is 12.6 Å². The van der Waals surface area contributed by atoms with Crippen LogP contribution in [0.4, 0.5) is 13.2 Å². The molecule has 0 aromatic heterocycles. The fraction of sp³-hybridized carbons (Fsp3) is 1.00. The normalized spacial score (nSPS) is 21.4. The predicted molar refractivity (Wildman–Crippen MR) is 51.7 cm³/mol. The Kier molecular flexibility index (Phi) is 4.40. The summed E-state index contributed by atoms with van der Waals surface area (Å²) in [4.78, 5) is 0. The van der Waals surface area contributed by atoms with Crippen LogP contribution in [0.25, 0.3) is 0 Å². The van der Waals surface area contributed by atoms with E-state index in [0.29, 0.717) is 6.04 Å². The molecule has 2 atom stereocenters. The summed E-state index contributed by atoms with van der Waals surface area (Å²) in [5.41, 5.74) is 0. The van der Waals surface area contributed by atoms with Gasteiger partial charge in [-0.2, -0.15) is 13.2 Å². The van der Waals surface area contributed by atoms with E-state index in [1.165, 1.54) is 12.8 Å². The molecule has 0 aromatic carbocycles. The van der Waals surface area contributed by atoms with Crippen LogP contribution >= 0.6 is 0 Å². The summed E-state index contributed by atoms with van der Waals surface area (Å²) < 4.78 is 41.0. The van der Waals surface area contributed by atoms with Crippen LogP contribution in [0.15, 0.2) is 0 Å². The van der Waals surface area contributed by atoms with Crippen molar-refractivity contribution in [3.05, 3.63) is 0 Å². The van der Waals surface area contributed by atoms with Crippen molar-refractivity contribution in [3.63, 3.8) is 0 Å². The lowest BCUT2D eigenvalue weighted by atomic mass is 10.2. The van der Waals surface area contributed by atoms with Crippen LogP contribution in [0.3, 0.4) is 0 Å². The Morgan fingerprint density at radius 1 is 1.33 bits per heavy atom. The molecule has 0 saturated heterocycles. The van der Waals surface area contributed by atoms with Crippen LogP contribution in [-0.2, 0) is 4.74 Å². The van der Waals surface area contributed by atoms with Gasteiger partial charge in [0.25, 0.3) is 0 Å². The molecule has 0 amide bonds. The topological polar surface area (TPSA) is 21.3 Å². The van der Waals surface area contributed by atoms with Crippen molar-refractivity contribution in [1.82, 2.24) is 5.32 Å². The highest BCUT2D eigenvalue weighted by atomic mass is 19.4. The molecule has 0 radical (unpaired) electrons. The molecule has 5 heteroatoms. The second kappa shape index (κ2) is 5.16. The maximum Gasteiger partial charge on any atom is 0.414 e. The van der Waals surface area contributed by atoms with Crippen molar-refractivity contribution in [2.75, 3.05) is 13.2 Å². The Bertz CT molecular complexity index is 192. The zero-order chi connectivity index (χ0) is 11.5. The van der Waals surface area contributed by atoms with Crippen LogP contribution in [0.1, 0.15) is 26.7 Å². The molecule has 1 aliphatic rings. The summed E-state index contributed by atoms with van der Waals surface area (Å²) in [6.07, 6.45) is -3.54. The van der Waals surface area contributed by atoms with Gasteiger partial charge in [-0.1, -0.05) is 6.92 Å². The third kappa shape index (κ3) is 5.37. The predicted octanol–water partition coefficient (Wildman–Crippen LogP) is 2.34. The van der Waals surface area contributed by atoms with Gasteiger partial charge in [-0.25, -0.2) is 0 Å². The second-order valence-corrected chi connectivity index (χ2v) is 4.30. The van der Waals surface area contributed by atoms with Gasteiger partial charge in [0.1, 0.15) is 0 Å². The van der Waals surface area contributed by atoms with Gasteiger partial charge >= 0.3 is 6.18 Å². The number of ether oxygens (including phenoxy) is 1. The molecular formula is C10H18F3NO. The van der Waals surface area contributed by atoms with E-state index < -0.39 is 12.3 Å². The van der Waals surface area contributed by atoms with E-state index in [-0.39, 0.29) is 12.5 Å². The minimum Gasteiger partial charge on any atom is -0.369 e. The van der Waals surface area contributed by atoms with E-state index in [0.717, 1.165) is 13.5 Å². The first-order valence-corrected chi connectivity index (χ1v) is 5.31. The van der Waals surface area contributed by atoms with Crippen LogP contribution in [-0.4, -0.2) is 31.5 Å². The lowest BCUT2D eigenvalue weighted by molar-refractivity contribution is -0.216. The zero-order valence-electron chi connectivity index (χ0n) is 9.10. The maximum absolute atomic E-state index is 12.1. The van der Waals surface area contributed by atoms with Crippen LogP contribution in [0.5, 0.6) is 0 Å². The van der Waals surface area contributed by atoms with Gasteiger partial charge in [-0.15, -0.1) is 0 Å². The summed E-state index contributed by atoms with van der Waals surface area (Å²) in [6.45, 7) is 3.81. The molecule has 1 fully saturated rings. The lowest BCUT2D eigenvalue weighted by Gasteiger charge is -2.19. The lowest BCUT2D eigenvalue weighted by Crippen LogP contribution is -2.32. The summed E-state index contributed by atoms with van der Waals surface area (Å²) in [5, 5.41) is 3.26. The first-order chi connectivity index (χ1) is 6.89. The maximum atomic E-state index is 12.1. The number of alkyl halides is 3. The third-order valence-electron chi connectivity index (χ3n) is 2.42. The molecular weight excluding hydrogens is 207 g/mol. The van der Waals surface area contributed by atoms with Crippen molar-refractivity contribution < 1.29 is 17.9 Å². The summed E-state index contributed by atoms with van der Waals surface area (Å²) >= 11 is 0.